The molecule has 2 aromatic heterocycles. The zero-order valence-corrected chi connectivity index (χ0v) is 11.7. The quantitative estimate of drug-likeness (QED) is 0.641. The van der Waals surface area contributed by atoms with Gasteiger partial charge in [0.25, 0.3) is 0 Å². The van der Waals surface area contributed by atoms with E-state index in [1.165, 1.54) is 0 Å². The molecule has 0 N–H and O–H groups in total. The van der Waals surface area contributed by atoms with Gasteiger partial charge in [-0.2, -0.15) is 0 Å². The van der Waals surface area contributed by atoms with E-state index in [1.807, 2.05) is 18.2 Å². The first kappa shape index (κ1) is 14.2. The van der Waals surface area contributed by atoms with Crippen LogP contribution < -0.4 is 9.47 Å². The van der Waals surface area contributed by atoms with Crippen molar-refractivity contribution in [2.45, 2.75) is 6.61 Å². The predicted molar refractivity (Wildman–Crippen MR) is 77.0 cm³/mol. The Labute approximate surface area is 122 Å². The van der Waals surface area contributed by atoms with E-state index in [0.717, 1.165) is 11.3 Å². The molecule has 2 aromatic rings. The number of rotatable bonds is 4. The third kappa shape index (κ3) is 4.15. The fraction of sp³-hybridized carbons (Fsp3) is 0.200. The number of alkyl halides is 1. The van der Waals surface area contributed by atoms with Crippen molar-refractivity contribution in [1.29, 1.82) is 0 Å². The van der Waals surface area contributed by atoms with Crippen LogP contribution in [-0.2, 0) is 6.61 Å². The molecule has 0 amide bonds. The molecule has 0 atom stereocenters. The molecule has 0 aliphatic carbocycles. The van der Waals surface area contributed by atoms with E-state index < -0.39 is 0 Å². The smallest absolute Gasteiger partial charge is 0.213 e. The van der Waals surface area contributed by atoms with Gasteiger partial charge in [0.2, 0.25) is 5.88 Å². The average molecular weight is 289 g/mol. The number of nitrogens with zero attached hydrogens (tertiary/aromatic N) is 2. The largest absolute Gasteiger partial charge is 0.486 e. The second kappa shape index (κ2) is 7.37. The number of hydrogen-bond donors (Lipinski definition) is 0. The fourth-order valence-corrected chi connectivity index (χ4v) is 1.58. The number of ether oxygens (including phenoxy) is 2. The maximum absolute atomic E-state index is 5.63. The van der Waals surface area contributed by atoms with Gasteiger partial charge >= 0.3 is 0 Å². The second-order valence-corrected chi connectivity index (χ2v) is 4.07. The molecule has 0 bridgehead atoms. The first-order valence-corrected chi connectivity index (χ1v) is 6.48. The van der Waals surface area contributed by atoms with Crippen LogP contribution in [0.4, 0.5) is 0 Å². The van der Waals surface area contributed by atoms with Crippen LogP contribution in [0.15, 0.2) is 36.7 Å². The lowest BCUT2D eigenvalue weighted by Crippen LogP contribution is -2.00. The fourth-order valence-electron chi connectivity index (χ4n) is 1.51. The van der Waals surface area contributed by atoms with E-state index in [2.05, 4.69) is 21.8 Å². The summed E-state index contributed by atoms with van der Waals surface area (Å²) >= 11 is 5.52. The van der Waals surface area contributed by atoms with E-state index >= 15 is 0 Å². The van der Waals surface area contributed by atoms with Crippen molar-refractivity contribution in [1.82, 2.24) is 9.97 Å². The molecular weight excluding hydrogens is 276 g/mol. The summed E-state index contributed by atoms with van der Waals surface area (Å²) in [5.74, 6) is 7.15. The standard InChI is InChI=1S/C15H13ClN2O2/c1-19-15-6-2-5-13(18-15)11-20-14-8-12(4-3-7-16)9-17-10-14/h2,5-6,8-10H,7,11H2,1H3. The van der Waals surface area contributed by atoms with Gasteiger partial charge in [0.05, 0.1) is 24.9 Å². The Hall–Kier alpha value is -2.25. The molecule has 2 heterocycles. The molecule has 20 heavy (non-hydrogen) atoms. The first-order valence-electron chi connectivity index (χ1n) is 5.94. The Morgan fingerprint density at radius 2 is 2.20 bits per heavy atom. The second-order valence-electron chi connectivity index (χ2n) is 3.80. The highest BCUT2D eigenvalue weighted by molar-refractivity contribution is 6.19. The highest BCUT2D eigenvalue weighted by Gasteiger charge is 2.00. The summed E-state index contributed by atoms with van der Waals surface area (Å²) in [5, 5.41) is 0. The van der Waals surface area contributed by atoms with Gasteiger partial charge in [0.15, 0.2) is 0 Å². The van der Waals surface area contributed by atoms with Crippen LogP contribution in [-0.4, -0.2) is 23.0 Å². The van der Waals surface area contributed by atoms with Crippen molar-refractivity contribution in [2.75, 3.05) is 13.0 Å². The van der Waals surface area contributed by atoms with Gasteiger partial charge in [-0.05, 0) is 12.1 Å². The lowest BCUT2D eigenvalue weighted by atomic mass is 10.3. The minimum absolute atomic E-state index is 0.290. The molecular formula is C15H13ClN2O2. The van der Waals surface area contributed by atoms with Crippen molar-refractivity contribution >= 4 is 11.6 Å². The lowest BCUT2D eigenvalue weighted by molar-refractivity contribution is 0.297. The Morgan fingerprint density at radius 3 is 3.00 bits per heavy atom. The van der Waals surface area contributed by atoms with Crippen LogP contribution in [0.25, 0.3) is 0 Å². The Kier molecular flexibility index (Phi) is 5.22. The van der Waals surface area contributed by atoms with E-state index in [1.54, 1.807) is 25.6 Å². The molecule has 0 aliphatic rings. The molecule has 102 valence electrons. The summed E-state index contributed by atoms with van der Waals surface area (Å²) in [6, 6.07) is 7.33. The summed E-state index contributed by atoms with van der Waals surface area (Å²) in [5.41, 5.74) is 1.54. The molecule has 0 aliphatic heterocycles. The number of methoxy groups -OCH3 is 1. The van der Waals surface area contributed by atoms with E-state index in [4.69, 9.17) is 21.1 Å². The van der Waals surface area contributed by atoms with Gasteiger partial charge in [-0.3, -0.25) is 4.98 Å². The third-order valence-corrected chi connectivity index (χ3v) is 2.52. The van der Waals surface area contributed by atoms with E-state index in [0.29, 0.717) is 24.1 Å². The van der Waals surface area contributed by atoms with Gasteiger partial charge in [-0.25, -0.2) is 4.98 Å². The summed E-state index contributed by atoms with van der Waals surface area (Å²) in [4.78, 5) is 8.33. The highest BCUT2D eigenvalue weighted by Crippen LogP contribution is 2.13. The monoisotopic (exact) mass is 288 g/mol. The minimum atomic E-state index is 0.290. The van der Waals surface area contributed by atoms with Gasteiger partial charge < -0.3 is 9.47 Å². The van der Waals surface area contributed by atoms with Crippen LogP contribution in [0, 0.1) is 11.8 Å². The molecule has 0 saturated carbocycles. The maximum Gasteiger partial charge on any atom is 0.213 e. The van der Waals surface area contributed by atoms with Crippen LogP contribution >= 0.6 is 11.6 Å². The zero-order valence-electron chi connectivity index (χ0n) is 11.0. The van der Waals surface area contributed by atoms with Gasteiger partial charge in [-0.15, -0.1) is 11.6 Å². The number of halogens is 1. The van der Waals surface area contributed by atoms with Crippen LogP contribution in [0.3, 0.4) is 0 Å². The SMILES string of the molecule is COc1cccc(COc2cncc(C#CCCl)c2)n1. The molecule has 0 spiro atoms. The number of pyridine rings is 2. The molecule has 0 radical (unpaired) electrons. The average Bonchev–Trinajstić information content (AvgIpc) is 2.51. The van der Waals surface area contributed by atoms with Crippen molar-refractivity contribution < 1.29 is 9.47 Å². The first-order chi connectivity index (χ1) is 9.81. The molecule has 0 saturated heterocycles. The molecule has 0 fully saturated rings. The molecule has 0 aromatic carbocycles. The van der Waals surface area contributed by atoms with Crippen molar-refractivity contribution in [3.63, 3.8) is 0 Å². The third-order valence-electron chi connectivity index (χ3n) is 2.39. The van der Waals surface area contributed by atoms with Crippen LogP contribution in [0.2, 0.25) is 0 Å². The molecule has 5 heteroatoms. The van der Waals surface area contributed by atoms with Gasteiger partial charge in [-0.1, -0.05) is 17.9 Å². The molecule has 4 nitrogen and oxygen atoms in total. The summed E-state index contributed by atoms with van der Waals surface area (Å²) < 4.78 is 10.7. The van der Waals surface area contributed by atoms with Gasteiger partial charge in [0.1, 0.15) is 12.4 Å². The molecule has 0 unspecified atom stereocenters. The Bertz CT molecular complexity index is 635. The van der Waals surface area contributed by atoms with E-state index in [9.17, 15) is 0 Å². The van der Waals surface area contributed by atoms with Gasteiger partial charge in [0, 0.05) is 17.8 Å². The lowest BCUT2D eigenvalue weighted by Gasteiger charge is -2.06. The van der Waals surface area contributed by atoms with Crippen LogP contribution in [0.1, 0.15) is 11.3 Å². The molecule has 2 rings (SSSR count). The predicted octanol–water partition coefficient (Wildman–Crippen LogP) is 2.65. The highest BCUT2D eigenvalue weighted by atomic mass is 35.5. The number of hydrogen-bond acceptors (Lipinski definition) is 4. The zero-order chi connectivity index (χ0) is 14.2. The summed E-state index contributed by atoms with van der Waals surface area (Å²) in [6.45, 7) is 0.339. The summed E-state index contributed by atoms with van der Waals surface area (Å²) in [7, 11) is 1.58. The van der Waals surface area contributed by atoms with Crippen molar-refractivity contribution in [3.05, 3.63) is 47.9 Å². The normalized spacial score (nSPS) is 9.50. The maximum atomic E-state index is 5.63. The van der Waals surface area contributed by atoms with Crippen molar-refractivity contribution in [2.24, 2.45) is 0 Å². The topological polar surface area (TPSA) is 44.2 Å². The van der Waals surface area contributed by atoms with Crippen molar-refractivity contribution in [3.8, 4) is 23.5 Å². The minimum Gasteiger partial charge on any atom is -0.486 e. The number of aromatic nitrogens is 2. The summed E-state index contributed by atoms with van der Waals surface area (Å²) in [6.07, 6.45) is 3.29. The van der Waals surface area contributed by atoms with E-state index in [-0.39, 0.29) is 0 Å². The Balaban J connectivity index is 2.03. The Morgan fingerprint density at radius 1 is 1.30 bits per heavy atom. The van der Waals surface area contributed by atoms with Crippen LogP contribution in [0.5, 0.6) is 11.6 Å².